The molecule has 148 valence electrons. The van der Waals surface area contributed by atoms with E-state index < -0.39 is 11.7 Å². The minimum Gasteiger partial charge on any atom is -0.350 e. The van der Waals surface area contributed by atoms with Gasteiger partial charge in [-0.3, -0.25) is 9.59 Å². The quantitative estimate of drug-likeness (QED) is 0.751. The van der Waals surface area contributed by atoms with Gasteiger partial charge in [-0.2, -0.15) is 10.2 Å². The van der Waals surface area contributed by atoms with Gasteiger partial charge in [0, 0.05) is 24.9 Å². The summed E-state index contributed by atoms with van der Waals surface area (Å²) in [4.78, 5) is 27.8. The molecule has 1 atom stereocenters. The van der Waals surface area contributed by atoms with Crippen molar-refractivity contribution in [2.24, 2.45) is 16.1 Å². The zero-order valence-electron chi connectivity index (χ0n) is 17.3. The number of carbonyl (C=O) groups excluding carboxylic acids is 2. The third-order valence-corrected chi connectivity index (χ3v) is 4.50. The second-order valence-electron chi connectivity index (χ2n) is 8.85. The van der Waals surface area contributed by atoms with Crippen LogP contribution in [0.25, 0.3) is 0 Å². The molecule has 0 aromatic heterocycles. The molecule has 6 heteroatoms. The lowest BCUT2D eigenvalue weighted by Crippen LogP contribution is -2.55. The van der Waals surface area contributed by atoms with Crippen molar-refractivity contribution in [1.82, 2.24) is 10.2 Å². The Kier molecular flexibility index (Phi) is 6.39. The smallest absolute Gasteiger partial charge is 0.243 e. The van der Waals surface area contributed by atoms with Crippen LogP contribution in [0.1, 0.15) is 59.9 Å². The largest absolute Gasteiger partial charge is 0.350 e. The molecule has 1 unspecified atom stereocenters. The zero-order chi connectivity index (χ0) is 20.2. The molecule has 1 aromatic rings. The van der Waals surface area contributed by atoms with E-state index in [1.54, 1.807) is 4.90 Å². The molecular formula is C21H32N4O2. The molecule has 27 heavy (non-hydrogen) atoms. The monoisotopic (exact) mass is 372 g/mol. The number of hydrogen-bond acceptors (Lipinski definition) is 4. The number of rotatable bonds is 8. The van der Waals surface area contributed by atoms with Crippen molar-refractivity contribution < 1.29 is 9.59 Å². The third-order valence-electron chi connectivity index (χ3n) is 4.50. The van der Waals surface area contributed by atoms with Crippen molar-refractivity contribution in [1.29, 1.82) is 0 Å². The first-order chi connectivity index (χ1) is 12.5. The molecule has 1 aliphatic heterocycles. The fourth-order valence-corrected chi connectivity index (χ4v) is 3.04. The van der Waals surface area contributed by atoms with Gasteiger partial charge in [0.1, 0.15) is 6.04 Å². The van der Waals surface area contributed by atoms with Crippen LogP contribution in [0.2, 0.25) is 0 Å². The summed E-state index contributed by atoms with van der Waals surface area (Å²) in [5, 5.41) is 11.0. The molecule has 0 radical (unpaired) electrons. The van der Waals surface area contributed by atoms with Crippen LogP contribution in [-0.4, -0.2) is 34.0 Å². The lowest BCUT2D eigenvalue weighted by atomic mass is 9.97. The Morgan fingerprint density at radius 3 is 2.22 bits per heavy atom. The van der Waals surface area contributed by atoms with E-state index >= 15 is 0 Å². The summed E-state index contributed by atoms with van der Waals surface area (Å²) in [6.07, 6.45) is 0.894. The first-order valence-electron chi connectivity index (χ1n) is 9.60. The van der Waals surface area contributed by atoms with Crippen LogP contribution >= 0.6 is 0 Å². The fraction of sp³-hybridized carbons (Fsp3) is 0.619. The number of hydrogen-bond donors (Lipinski definition) is 1. The highest BCUT2D eigenvalue weighted by Gasteiger charge is 2.37. The Morgan fingerprint density at radius 1 is 1.15 bits per heavy atom. The van der Waals surface area contributed by atoms with E-state index in [-0.39, 0.29) is 23.3 Å². The van der Waals surface area contributed by atoms with Gasteiger partial charge in [0.25, 0.3) is 0 Å². The molecule has 0 aliphatic carbocycles. The Hall–Kier alpha value is -2.24. The summed E-state index contributed by atoms with van der Waals surface area (Å²) < 4.78 is 0. The number of benzene rings is 1. The van der Waals surface area contributed by atoms with Crippen molar-refractivity contribution in [2.45, 2.75) is 78.2 Å². The second kappa shape index (κ2) is 8.19. The predicted octanol–water partition coefficient (Wildman–Crippen LogP) is 3.92. The van der Waals surface area contributed by atoms with Gasteiger partial charge in [0.2, 0.25) is 11.8 Å². The van der Waals surface area contributed by atoms with E-state index in [0.29, 0.717) is 19.4 Å². The van der Waals surface area contributed by atoms with Crippen molar-refractivity contribution >= 4 is 11.8 Å². The van der Waals surface area contributed by atoms with E-state index in [9.17, 15) is 9.59 Å². The van der Waals surface area contributed by atoms with Gasteiger partial charge >= 0.3 is 0 Å². The predicted molar refractivity (Wildman–Crippen MR) is 106 cm³/mol. The van der Waals surface area contributed by atoms with Crippen LogP contribution in [0.4, 0.5) is 0 Å². The lowest BCUT2D eigenvalue weighted by Gasteiger charge is -2.36. The van der Waals surface area contributed by atoms with Crippen LogP contribution in [0.15, 0.2) is 40.6 Å². The lowest BCUT2D eigenvalue weighted by molar-refractivity contribution is -0.143. The third kappa shape index (κ3) is 6.45. The second-order valence-corrected chi connectivity index (χ2v) is 8.85. The molecule has 0 fully saturated rings. The van der Waals surface area contributed by atoms with Crippen LogP contribution in [0, 0.1) is 5.92 Å². The van der Waals surface area contributed by atoms with Gasteiger partial charge in [-0.1, -0.05) is 44.2 Å². The number of carbonyl (C=O) groups is 2. The number of amides is 2. The topological polar surface area (TPSA) is 74.1 Å². The van der Waals surface area contributed by atoms with Gasteiger partial charge in [-0.15, -0.1) is 0 Å². The summed E-state index contributed by atoms with van der Waals surface area (Å²) in [6, 6.07) is 9.26. The minimum absolute atomic E-state index is 0.00843. The van der Waals surface area contributed by atoms with Gasteiger partial charge in [0.05, 0.1) is 0 Å². The SMILES string of the molecule is CC(C)C(C(=O)NC(C)(C)C)N(Cc1ccccc1)C(=O)CCC1(C)N=N1. The molecule has 2 rings (SSSR count). The van der Waals surface area contributed by atoms with E-state index in [0.717, 1.165) is 5.56 Å². The Bertz CT molecular complexity index is 686. The molecule has 0 bridgehead atoms. The van der Waals surface area contributed by atoms with E-state index in [2.05, 4.69) is 15.5 Å². The van der Waals surface area contributed by atoms with Crippen LogP contribution in [0.5, 0.6) is 0 Å². The number of nitrogens with zero attached hydrogens (tertiary/aromatic N) is 3. The highest BCUT2D eigenvalue weighted by Crippen LogP contribution is 2.32. The molecule has 1 aromatic carbocycles. The summed E-state index contributed by atoms with van der Waals surface area (Å²) in [6.45, 7) is 12.1. The Labute approximate surface area is 162 Å². The zero-order valence-corrected chi connectivity index (χ0v) is 17.3. The maximum atomic E-state index is 13.1. The Morgan fingerprint density at radius 2 is 1.74 bits per heavy atom. The van der Waals surface area contributed by atoms with Gasteiger partial charge in [-0.05, 0) is 39.2 Å². The van der Waals surface area contributed by atoms with Gasteiger partial charge in [0.15, 0.2) is 5.66 Å². The van der Waals surface area contributed by atoms with E-state index in [4.69, 9.17) is 0 Å². The van der Waals surface area contributed by atoms with Crippen LogP contribution in [0.3, 0.4) is 0 Å². The highest BCUT2D eigenvalue weighted by molar-refractivity contribution is 5.88. The molecule has 0 spiro atoms. The van der Waals surface area contributed by atoms with Crippen molar-refractivity contribution in [2.75, 3.05) is 0 Å². The molecule has 6 nitrogen and oxygen atoms in total. The molecule has 2 amide bonds. The average molecular weight is 373 g/mol. The standard InChI is InChI=1S/C21H32N4O2/c1-15(2)18(19(27)22-20(3,4)5)25(14-16-10-8-7-9-11-16)17(26)12-13-21(6)23-24-21/h7-11,15,18H,12-14H2,1-6H3,(H,22,27). The van der Waals surface area contributed by atoms with Crippen molar-refractivity contribution in [3.63, 3.8) is 0 Å². The number of nitrogens with one attached hydrogen (secondary N) is 1. The molecule has 1 aliphatic rings. The summed E-state index contributed by atoms with van der Waals surface area (Å²) >= 11 is 0. The maximum absolute atomic E-state index is 13.1. The minimum atomic E-state index is -0.530. The summed E-state index contributed by atoms with van der Waals surface area (Å²) in [7, 11) is 0. The highest BCUT2D eigenvalue weighted by atomic mass is 16.2. The van der Waals surface area contributed by atoms with Crippen LogP contribution in [-0.2, 0) is 16.1 Å². The fourth-order valence-electron chi connectivity index (χ4n) is 3.04. The Balaban J connectivity index is 2.23. The van der Waals surface area contributed by atoms with Crippen molar-refractivity contribution in [3.8, 4) is 0 Å². The maximum Gasteiger partial charge on any atom is 0.243 e. The van der Waals surface area contributed by atoms with Crippen LogP contribution < -0.4 is 5.32 Å². The van der Waals surface area contributed by atoms with Gasteiger partial charge in [-0.25, -0.2) is 0 Å². The first-order valence-corrected chi connectivity index (χ1v) is 9.60. The summed E-state index contributed by atoms with van der Waals surface area (Å²) in [5.41, 5.74) is 0.229. The molecular weight excluding hydrogens is 340 g/mol. The normalized spacial score (nSPS) is 16.1. The molecule has 1 heterocycles. The molecule has 1 N–H and O–H groups in total. The van der Waals surface area contributed by atoms with Gasteiger partial charge < -0.3 is 10.2 Å². The van der Waals surface area contributed by atoms with Crippen molar-refractivity contribution in [3.05, 3.63) is 35.9 Å². The molecule has 0 saturated heterocycles. The average Bonchev–Trinajstić information content (AvgIpc) is 3.29. The molecule has 0 saturated carbocycles. The first kappa shape index (κ1) is 21.1. The summed E-state index contributed by atoms with van der Waals surface area (Å²) in [5.74, 6) is -0.167. The van der Waals surface area contributed by atoms with E-state index in [1.807, 2.05) is 71.9 Å². The van der Waals surface area contributed by atoms with E-state index in [1.165, 1.54) is 0 Å².